The smallest absolute Gasteiger partial charge is 0.145 e. The third-order valence-corrected chi connectivity index (χ3v) is 3.92. The van der Waals surface area contributed by atoms with E-state index < -0.39 is 0 Å². The van der Waals surface area contributed by atoms with Crippen molar-refractivity contribution in [1.29, 1.82) is 0 Å². The molecule has 4 aromatic rings. The number of benzene rings is 2. The summed E-state index contributed by atoms with van der Waals surface area (Å²) in [5, 5.41) is 0. The summed E-state index contributed by atoms with van der Waals surface area (Å²) in [7, 11) is 1.68. The van der Waals surface area contributed by atoms with Gasteiger partial charge >= 0.3 is 0 Å². The van der Waals surface area contributed by atoms with Crippen LogP contribution in [0.15, 0.2) is 79.0 Å². The second-order valence-corrected chi connectivity index (χ2v) is 5.34. The Bertz CT molecular complexity index is 958. The standard InChI is InChI=1S/C20H16N2O/c1-23-17-11-7-10-16(14-17)20-21-19(15-8-3-2-4-9-15)18-12-5-6-13-22(18)20/h2-14H,1H3. The van der Waals surface area contributed by atoms with Crippen LogP contribution in [0.25, 0.3) is 28.2 Å². The molecule has 0 N–H and O–H groups in total. The van der Waals surface area contributed by atoms with Crippen molar-refractivity contribution in [2.75, 3.05) is 7.11 Å². The van der Waals surface area contributed by atoms with Gasteiger partial charge < -0.3 is 4.74 Å². The molecule has 0 saturated carbocycles. The molecule has 2 aromatic carbocycles. The van der Waals surface area contributed by atoms with E-state index in [0.29, 0.717) is 0 Å². The minimum atomic E-state index is 0.830. The number of hydrogen-bond acceptors (Lipinski definition) is 2. The lowest BCUT2D eigenvalue weighted by Gasteiger charge is -2.03. The molecule has 2 aromatic heterocycles. The van der Waals surface area contributed by atoms with Crippen LogP contribution in [0, 0.1) is 0 Å². The fourth-order valence-electron chi connectivity index (χ4n) is 2.81. The molecule has 0 fully saturated rings. The average Bonchev–Trinajstić information content (AvgIpc) is 3.02. The molecule has 0 saturated heterocycles. The van der Waals surface area contributed by atoms with E-state index in [1.807, 2.05) is 54.7 Å². The highest BCUT2D eigenvalue weighted by Gasteiger charge is 2.13. The fourth-order valence-corrected chi connectivity index (χ4v) is 2.81. The summed E-state index contributed by atoms with van der Waals surface area (Å²) in [6.45, 7) is 0. The maximum Gasteiger partial charge on any atom is 0.145 e. The van der Waals surface area contributed by atoms with Crippen molar-refractivity contribution < 1.29 is 4.74 Å². The van der Waals surface area contributed by atoms with Gasteiger partial charge in [-0.1, -0.05) is 48.5 Å². The van der Waals surface area contributed by atoms with E-state index in [0.717, 1.165) is 33.9 Å². The lowest BCUT2D eigenvalue weighted by atomic mass is 10.1. The van der Waals surface area contributed by atoms with Crippen LogP contribution in [0.4, 0.5) is 0 Å². The van der Waals surface area contributed by atoms with E-state index in [4.69, 9.17) is 9.72 Å². The van der Waals surface area contributed by atoms with Gasteiger partial charge in [-0.3, -0.25) is 4.40 Å². The van der Waals surface area contributed by atoms with Gasteiger partial charge in [0.1, 0.15) is 11.6 Å². The van der Waals surface area contributed by atoms with Gasteiger partial charge in [0.2, 0.25) is 0 Å². The first-order valence-corrected chi connectivity index (χ1v) is 7.54. The van der Waals surface area contributed by atoms with E-state index >= 15 is 0 Å². The molecule has 3 heteroatoms. The van der Waals surface area contributed by atoms with Crippen molar-refractivity contribution in [3.05, 3.63) is 79.0 Å². The van der Waals surface area contributed by atoms with E-state index in [-0.39, 0.29) is 0 Å². The van der Waals surface area contributed by atoms with Gasteiger partial charge in [0.15, 0.2) is 0 Å². The monoisotopic (exact) mass is 300 g/mol. The molecular weight excluding hydrogens is 284 g/mol. The van der Waals surface area contributed by atoms with Crippen LogP contribution in [0.2, 0.25) is 0 Å². The topological polar surface area (TPSA) is 26.5 Å². The van der Waals surface area contributed by atoms with E-state index in [2.05, 4.69) is 28.7 Å². The molecule has 4 rings (SSSR count). The first-order valence-electron chi connectivity index (χ1n) is 7.54. The van der Waals surface area contributed by atoms with Crippen LogP contribution in [-0.4, -0.2) is 16.5 Å². The van der Waals surface area contributed by atoms with Crippen molar-refractivity contribution >= 4 is 5.52 Å². The lowest BCUT2D eigenvalue weighted by molar-refractivity contribution is 0.415. The highest BCUT2D eigenvalue weighted by Crippen LogP contribution is 2.30. The molecule has 0 unspecified atom stereocenters. The normalized spacial score (nSPS) is 10.8. The number of ether oxygens (including phenoxy) is 1. The maximum atomic E-state index is 5.34. The second-order valence-electron chi connectivity index (χ2n) is 5.34. The van der Waals surface area contributed by atoms with Crippen molar-refractivity contribution in [2.24, 2.45) is 0 Å². The minimum Gasteiger partial charge on any atom is -0.497 e. The summed E-state index contributed by atoms with van der Waals surface area (Å²) in [4.78, 5) is 4.91. The summed E-state index contributed by atoms with van der Waals surface area (Å²) < 4.78 is 7.46. The molecular formula is C20H16N2O. The Morgan fingerprint density at radius 2 is 1.61 bits per heavy atom. The van der Waals surface area contributed by atoms with Gasteiger partial charge in [-0.25, -0.2) is 4.98 Å². The number of aromatic nitrogens is 2. The second kappa shape index (κ2) is 5.61. The number of methoxy groups -OCH3 is 1. The van der Waals surface area contributed by atoms with E-state index in [1.54, 1.807) is 7.11 Å². The largest absolute Gasteiger partial charge is 0.497 e. The molecule has 0 aliphatic heterocycles. The predicted octanol–water partition coefficient (Wildman–Crippen LogP) is 4.68. The molecule has 112 valence electrons. The molecule has 0 aliphatic rings. The first-order chi connectivity index (χ1) is 11.4. The predicted molar refractivity (Wildman–Crippen MR) is 92.6 cm³/mol. The average molecular weight is 300 g/mol. The Hall–Kier alpha value is -3.07. The molecule has 0 spiro atoms. The number of rotatable bonds is 3. The lowest BCUT2D eigenvalue weighted by Crippen LogP contribution is -1.89. The summed E-state index contributed by atoms with van der Waals surface area (Å²) in [5.74, 6) is 1.75. The molecule has 0 amide bonds. The SMILES string of the molecule is COc1cccc(-c2nc(-c3ccccc3)c3ccccn23)c1. The van der Waals surface area contributed by atoms with Gasteiger partial charge in [0.05, 0.1) is 18.3 Å². The Kier molecular flexibility index (Phi) is 3.31. The van der Waals surface area contributed by atoms with Crippen LogP contribution in [-0.2, 0) is 0 Å². The Balaban J connectivity index is 1.98. The summed E-state index contributed by atoms with van der Waals surface area (Å²) in [6, 6.07) is 24.4. The fraction of sp³-hybridized carbons (Fsp3) is 0.0500. The highest BCUT2D eigenvalue weighted by molar-refractivity contribution is 5.81. The van der Waals surface area contributed by atoms with Crippen LogP contribution >= 0.6 is 0 Å². The summed E-state index contributed by atoms with van der Waals surface area (Å²) in [5.41, 5.74) is 4.23. The van der Waals surface area contributed by atoms with Crippen molar-refractivity contribution in [3.63, 3.8) is 0 Å². The van der Waals surface area contributed by atoms with Gasteiger partial charge in [-0.15, -0.1) is 0 Å². The molecule has 0 radical (unpaired) electrons. The summed E-state index contributed by atoms with van der Waals surface area (Å²) >= 11 is 0. The Labute approximate surface area is 134 Å². The van der Waals surface area contributed by atoms with Crippen LogP contribution in [0.3, 0.4) is 0 Å². The van der Waals surface area contributed by atoms with E-state index in [9.17, 15) is 0 Å². The van der Waals surface area contributed by atoms with Gasteiger partial charge in [-0.2, -0.15) is 0 Å². The third kappa shape index (κ3) is 2.36. The summed E-state index contributed by atoms with van der Waals surface area (Å²) in [6.07, 6.45) is 2.05. The minimum absolute atomic E-state index is 0.830. The molecule has 2 heterocycles. The number of nitrogens with zero attached hydrogens (tertiary/aromatic N) is 2. The highest BCUT2D eigenvalue weighted by atomic mass is 16.5. The number of imidazole rings is 1. The number of hydrogen-bond donors (Lipinski definition) is 0. The molecule has 3 nitrogen and oxygen atoms in total. The molecule has 0 bridgehead atoms. The van der Waals surface area contributed by atoms with Crippen molar-refractivity contribution in [3.8, 4) is 28.4 Å². The zero-order valence-electron chi connectivity index (χ0n) is 12.8. The Morgan fingerprint density at radius 3 is 2.43 bits per heavy atom. The zero-order chi connectivity index (χ0) is 15.6. The first kappa shape index (κ1) is 13.6. The quantitative estimate of drug-likeness (QED) is 0.549. The molecule has 23 heavy (non-hydrogen) atoms. The van der Waals surface area contributed by atoms with Gasteiger partial charge in [0, 0.05) is 17.3 Å². The third-order valence-electron chi connectivity index (χ3n) is 3.92. The van der Waals surface area contributed by atoms with Crippen LogP contribution in [0.1, 0.15) is 0 Å². The molecule has 0 aliphatic carbocycles. The maximum absolute atomic E-state index is 5.34. The number of pyridine rings is 1. The van der Waals surface area contributed by atoms with E-state index in [1.165, 1.54) is 0 Å². The van der Waals surface area contributed by atoms with Gasteiger partial charge in [-0.05, 0) is 24.3 Å². The molecule has 0 atom stereocenters. The zero-order valence-corrected chi connectivity index (χ0v) is 12.8. The number of fused-ring (bicyclic) bond motifs is 1. The van der Waals surface area contributed by atoms with Gasteiger partial charge in [0.25, 0.3) is 0 Å². The Morgan fingerprint density at radius 1 is 0.826 bits per heavy atom. The van der Waals surface area contributed by atoms with Crippen LogP contribution in [0.5, 0.6) is 5.75 Å². The van der Waals surface area contributed by atoms with Crippen LogP contribution < -0.4 is 4.74 Å². The van der Waals surface area contributed by atoms with Crippen molar-refractivity contribution in [1.82, 2.24) is 9.38 Å². The van der Waals surface area contributed by atoms with Crippen molar-refractivity contribution in [2.45, 2.75) is 0 Å².